The van der Waals surface area contributed by atoms with Crippen molar-refractivity contribution in [2.75, 3.05) is 26.2 Å². The molecule has 3 aromatic rings. The quantitative estimate of drug-likeness (QED) is 0.573. The second kappa shape index (κ2) is 9.08. The van der Waals surface area contributed by atoms with Crippen LogP contribution in [0.3, 0.4) is 0 Å². The van der Waals surface area contributed by atoms with Crippen LogP contribution in [-0.4, -0.2) is 61.8 Å². The molecule has 0 saturated carbocycles. The lowest BCUT2D eigenvalue weighted by Crippen LogP contribution is -2.48. The zero-order valence-electron chi connectivity index (χ0n) is 19.4. The van der Waals surface area contributed by atoms with Gasteiger partial charge in [0, 0.05) is 56.1 Å². The van der Waals surface area contributed by atoms with E-state index in [1.54, 1.807) is 6.08 Å². The summed E-state index contributed by atoms with van der Waals surface area (Å²) in [6, 6.07) is 8.07. The van der Waals surface area contributed by atoms with Crippen molar-refractivity contribution in [2.24, 2.45) is 7.05 Å². The molecule has 8 nitrogen and oxygen atoms in total. The first-order valence-corrected chi connectivity index (χ1v) is 11.0. The lowest BCUT2D eigenvalue weighted by Gasteiger charge is -2.36. The minimum absolute atomic E-state index is 0.00446. The average Bonchev–Trinajstić information content (AvgIpc) is 3.37. The second-order valence-electron chi connectivity index (χ2n) is 8.40. The maximum Gasteiger partial charge on any atom is 0.246 e. The summed E-state index contributed by atoms with van der Waals surface area (Å²) in [6.45, 7) is 10.9. The summed E-state index contributed by atoms with van der Waals surface area (Å²) in [4.78, 5) is 21.4. The Morgan fingerprint density at radius 3 is 2.41 bits per heavy atom. The largest absolute Gasteiger partial charge is 0.337 e. The van der Waals surface area contributed by atoms with Gasteiger partial charge in [-0.2, -0.15) is 10.1 Å². The van der Waals surface area contributed by atoms with Crippen LogP contribution in [-0.2, 0) is 11.8 Å². The first-order chi connectivity index (χ1) is 15.3. The molecule has 0 bridgehead atoms. The van der Waals surface area contributed by atoms with Crippen molar-refractivity contribution in [3.8, 4) is 11.4 Å². The summed E-state index contributed by atoms with van der Waals surface area (Å²) in [7, 11) is 1.91. The predicted octanol–water partition coefficient (Wildman–Crippen LogP) is 3.31. The van der Waals surface area contributed by atoms with Gasteiger partial charge in [-0.15, -0.1) is 0 Å². The standard InChI is InChI=1S/C24H30N6O2/c1-16-6-8-20(9-7-16)23-25-24(32-27-23)19(4)29-12-14-30(15-13-29)22(31)11-10-21-17(2)26-28(5)18(21)3/h6-11,19H,12-15H2,1-5H3/b11-10+. The van der Waals surface area contributed by atoms with E-state index in [2.05, 4.69) is 34.0 Å². The molecule has 1 saturated heterocycles. The molecule has 0 spiro atoms. The molecule has 0 N–H and O–H groups in total. The summed E-state index contributed by atoms with van der Waals surface area (Å²) >= 11 is 0. The van der Waals surface area contributed by atoms with Crippen LogP contribution in [0.25, 0.3) is 17.5 Å². The fraction of sp³-hybridized carbons (Fsp3) is 0.417. The Labute approximate surface area is 188 Å². The molecule has 1 aliphatic heterocycles. The van der Waals surface area contributed by atoms with Crippen LogP contribution in [0.1, 0.15) is 41.4 Å². The number of rotatable bonds is 5. The van der Waals surface area contributed by atoms with Gasteiger partial charge < -0.3 is 9.42 Å². The van der Waals surface area contributed by atoms with Crippen molar-refractivity contribution in [1.82, 2.24) is 29.7 Å². The number of carbonyl (C=O) groups is 1. The van der Waals surface area contributed by atoms with Gasteiger partial charge in [0.1, 0.15) is 0 Å². The van der Waals surface area contributed by atoms with E-state index in [-0.39, 0.29) is 11.9 Å². The number of hydrogen-bond acceptors (Lipinski definition) is 6. The molecule has 2 aromatic heterocycles. The monoisotopic (exact) mass is 434 g/mol. The molecule has 32 heavy (non-hydrogen) atoms. The smallest absolute Gasteiger partial charge is 0.246 e. The summed E-state index contributed by atoms with van der Waals surface area (Å²) in [6.07, 6.45) is 3.53. The van der Waals surface area contributed by atoms with Gasteiger partial charge in [0.05, 0.1) is 11.7 Å². The number of carbonyl (C=O) groups excluding carboxylic acids is 1. The van der Waals surface area contributed by atoms with E-state index in [4.69, 9.17) is 4.52 Å². The average molecular weight is 435 g/mol. The third-order valence-electron chi connectivity index (χ3n) is 6.24. The fourth-order valence-corrected chi connectivity index (χ4v) is 4.00. The van der Waals surface area contributed by atoms with Gasteiger partial charge >= 0.3 is 0 Å². The molecule has 1 atom stereocenters. The molecule has 4 rings (SSSR count). The highest BCUT2D eigenvalue weighted by Crippen LogP contribution is 2.24. The lowest BCUT2D eigenvalue weighted by atomic mass is 10.1. The van der Waals surface area contributed by atoms with Crippen LogP contribution >= 0.6 is 0 Å². The fourth-order valence-electron chi connectivity index (χ4n) is 4.00. The van der Waals surface area contributed by atoms with Crippen LogP contribution < -0.4 is 0 Å². The van der Waals surface area contributed by atoms with E-state index in [9.17, 15) is 4.79 Å². The molecule has 1 amide bonds. The molecule has 1 unspecified atom stereocenters. The minimum atomic E-state index is -0.00446. The molecule has 168 valence electrons. The van der Waals surface area contributed by atoms with E-state index in [1.165, 1.54) is 5.56 Å². The number of nitrogens with zero attached hydrogens (tertiary/aromatic N) is 6. The Morgan fingerprint density at radius 1 is 1.09 bits per heavy atom. The molecule has 3 heterocycles. The number of aryl methyl sites for hydroxylation is 3. The third-order valence-corrected chi connectivity index (χ3v) is 6.24. The van der Waals surface area contributed by atoms with Crippen molar-refractivity contribution < 1.29 is 9.32 Å². The molecular formula is C24H30N6O2. The Bertz CT molecular complexity index is 1120. The van der Waals surface area contributed by atoms with Gasteiger partial charge in [-0.1, -0.05) is 35.0 Å². The zero-order valence-corrected chi connectivity index (χ0v) is 19.4. The van der Waals surface area contributed by atoms with E-state index < -0.39 is 0 Å². The van der Waals surface area contributed by atoms with Crippen LogP contribution in [0.4, 0.5) is 0 Å². The Morgan fingerprint density at radius 2 is 1.78 bits per heavy atom. The molecule has 0 aliphatic carbocycles. The van der Waals surface area contributed by atoms with Crippen molar-refractivity contribution in [2.45, 2.75) is 33.7 Å². The number of hydrogen-bond donors (Lipinski definition) is 0. The van der Waals surface area contributed by atoms with Crippen molar-refractivity contribution >= 4 is 12.0 Å². The Kier molecular flexibility index (Phi) is 6.23. The highest BCUT2D eigenvalue weighted by atomic mass is 16.5. The maximum absolute atomic E-state index is 12.7. The summed E-state index contributed by atoms with van der Waals surface area (Å²) in [5.74, 6) is 1.23. The van der Waals surface area contributed by atoms with E-state index in [1.807, 2.05) is 60.8 Å². The molecule has 0 radical (unpaired) electrons. The highest BCUT2D eigenvalue weighted by molar-refractivity contribution is 5.92. The van der Waals surface area contributed by atoms with Gasteiger partial charge in [0.15, 0.2) is 0 Å². The summed E-state index contributed by atoms with van der Waals surface area (Å²) < 4.78 is 7.38. The van der Waals surface area contributed by atoms with Crippen molar-refractivity contribution in [3.63, 3.8) is 0 Å². The lowest BCUT2D eigenvalue weighted by molar-refractivity contribution is -0.128. The van der Waals surface area contributed by atoms with Gasteiger partial charge in [0.2, 0.25) is 17.6 Å². The predicted molar refractivity (Wildman–Crippen MR) is 123 cm³/mol. The molecular weight excluding hydrogens is 404 g/mol. The SMILES string of the molecule is Cc1ccc(-c2noc(C(C)N3CCN(C(=O)/C=C/c4c(C)nn(C)c4C)CC3)n2)cc1. The Hall–Kier alpha value is -3.26. The van der Waals surface area contributed by atoms with Crippen molar-refractivity contribution in [3.05, 3.63) is 58.7 Å². The third kappa shape index (κ3) is 4.50. The molecule has 8 heteroatoms. The highest BCUT2D eigenvalue weighted by Gasteiger charge is 2.27. The number of benzene rings is 1. The number of piperazine rings is 1. The van der Waals surface area contributed by atoms with Gasteiger partial charge in [-0.3, -0.25) is 14.4 Å². The Balaban J connectivity index is 1.34. The summed E-state index contributed by atoms with van der Waals surface area (Å²) in [5, 5.41) is 8.55. The van der Waals surface area contributed by atoms with Crippen LogP contribution in [0.5, 0.6) is 0 Å². The normalized spacial score (nSPS) is 16.1. The zero-order chi connectivity index (χ0) is 22.8. The topological polar surface area (TPSA) is 80.3 Å². The first-order valence-electron chi connectivity index (χ1n) is 11.0. The van der Waals surface area contributed by atoms with Gasteiger partial charge in [-0.05, 0) is 33.8 Å². The van der Waals surface area contributed by atoms with Crippen molar-refractivity contribution in [1.29, 1.82) is 0 Å². The first kappa shape index (κ1) is 22.0. The molecule has 1 aromatic carbocycles. The number of amides is 1. The second-order valence-corrected chi connectivity index (χ2v) is 8.40. The molecule has 1 fully saturated rings. The van der Waals surface area contributed by atoms with E-state index in [0.29, 0.717) is 24.8 Å². The van der Waals surface area contributed by atoms with Crippen LogP contribution in [0.15, 0.2) is 34.9 Å². The maximum atomic E-state index is 12.7. The summed E-state index contributed by atoms with van der Waals surface area (Å²) in [5.41, 5.74) is 5.12. The van der Waals surface area contributed by atoms with E-state index >= 15 is 0 Å². The van der Waals surface area contributed by atoms with E-state index in [0.717, 1.165) is 35.6 Å². The molecule has 1 aliphatic rings. The van der Waals surface area contributed by atoms with Gasteiger partial charge in [-0.25, -0.2) is 0 Å². The van der Waals surface area contributed by atoms with Gasteiger partial charge in [0.25, 0.3) is 0 Å². The minimum Gasteiger partial charge on any atom is -0.337 e. The number of aromatic nitrogens is 4. The van der Waals surface area contributed by atoms with Crippen LogP contribution in [0, 0.1) is 20.8 Å². The van der Waals surface area contributed by atoms with Crippen LogP contribution in [0.2, 0.25) is 0 Å².